The maximum atomic E-state index is 12.0. The number of aryl methyl sites for hydroxylation is 1. The van der Waals surface area contributed by atoms with Crippen LogP contribution in [-0.2, 0) is 12.8 Å². The van der Waals surface area contributed by atoms with Crippen molar-refractivity contribution >= 4 is 17.1 Å². The zero-order chi connectivity index (χ0) is 13.1. The highest BCUT2D eigenvalue weighted by Gasteiger charge is 2.15. The first-order chi connectivity index (χ1) is 8.61. The summed E-state index contributed by atoms with van der Waals surface area (Å²) in [7, 11) is 0. The molecule has 0 bridgehead atoms. The first-order valence-electron chi connectivity index (χ1n) is 5.58. The van der Waals surface area contributed by atoms with Gasteiger partial charge < -0.3 is 10.2 Å². The molecule has 0 amide bonds. The summed E-state index contributed by atoms with van der Waals surface area (Å²) in [6, 6.07) is 2.76. The van der Waals surface area contributed by atoms with Gasteiger partial charge >= 0.3 is 0 Å². The topological polar surface area (TPSA) is 70.4 Å². The van der Waals surface area contributed by atoms with Gasteiger partial charge in [-0.15, -0.1) is 11.3 Å². The average Bonchev–Trinajstić information content (AvgIpc) is 2.81. The molecular formula is C13H13NO3S. The van der Waals surface area contributed by atoms with Crippen molar-refractivity contribution in [3.63, 3.8) is 0 Å². The van der Waals surface area contributed by atoms with Crippen molar-refractivity contribution in [2.24, 2.45) is 0 Å². The zero-order valence-electron chi connectivity index (χ0n) is 9.88. The average molecular weight is 263 g/mol. The summed E-state index contributed by atoms with van der Waals surface area (Å²) in [5.41, 5.74) is 0.884. The predicted molar refractivity (Wildman–Crippen MR) is 69.3 cm³/mol. The van der Waals surface area contributed by atoms with Crippen LogP contribution in [0.15, 0.2) is 23.7 Å². The summed E-state index contributed by atoms with van der Waals surface area (Å²) in [5, 5.41) is 21.8. The van der Waals surface area contributed by atoms with Gasteiger partial charge in [0.15, 0.2) is 5.78 Å². The number of ketones is 1. The normalized spacial score (nSPS) is 10.5. The molecule has 0 saturated heterocycles. The van der Waals surface area contributed by atoms with Gasteiger partial charge in [0, 0.05) is 17.6 Å². The van der Waals surface area contributed by atoms with Crippen LogP contribution in [0, 0.1) is 0 Å². The number of phenolic OH excluding ortho intramolecular Hbond substituents is 2. The van der Waals surface area contributed by atoms with E-state index in [2.05, 4.69) is 4.98 Å². The zero-order valence-corrected chi connectivity index (χ0v) is 10.7. The molecule has 94 valence electrons. The van der Waals surface area contributed by atoms with Crippen LogP contribution in [0.2, 0.25) is 0 Å². The summed E-state index contributed by atoms with van der Waals surface area (Å²) in [6.45, 7) is 1.88. The van der Waals surface area contributed by atoms with Crippen molar-refractivity contribution in [2.45, 2.75) is 19.8 Å². The van der Waals surface area contributed by atoms with Gasteiger partial charge in [0.25, 0.3) is 0 Å². The Labute approximate surface area is 109 Å². The molecule has 1 aromatic carbocycles. The highest BCUT2D eigenvalue weighted by Crippen LogP contribution is 2.28. The Bertz CT molecular complexity index is 564. The number of benzene rings is 1. The number of aromatic nitrogens is 1. The van der Waals surface area contributed by atoms with Crippen molar-refractivity contribution in [3.8, 4) is 11.5 Å². The molecule has 18 heavy (non-hydrogen) atoms. The number of rotatable bonds is 4. The third-order valence-corrected chi connectivity index (χ3v) is 3.45. The summed E-state index contributed by atoms with van der Waals surface area (Å²) in [5.74, 6) is -0.371. The van der Waals surface area contributed by atoms with Crippen LogP contribution in [0.3, 0.4) is 0 Å². The molecular weight excluding hydrogens is 250 g/mol. The van der Waals surface area contributed by atoms with Crippen LogP contribution in [0.25, 0.3) is 0 Å². The lowest BCUT2D eigenvalue weighted by Crippen LogP contribution is -2.04. The molecule has 0 saturated carbocycles. The molecule has 0 fully saturated rings. The molecule has 0 aliphatic carbocycles. The van der Waals surface area contributed by atoms with E-state index in [9.17, 15) is 15.0 Å². The van der Waals surface area contributed by atoms with Crippen LogP contribution in [0.5, 0.6) is 11.5 Å². The molecule has 0 aliphatic heterocycles. The number of hydrogen-bond donors (Lipinski definition) is 2. The van der Waals surface area contributed by atoms with Crippen molar-refractivity contribution < 1.29 is 15.0 Å². The van der Waals surface area contributed by atoms with Crippen LogP contribution in [0.1, 0.15) is 27.9 Å². The number of carbonyl (C=O) groups excluding carboxylic acids is 1. The SMILES string of the molecule is CCc1cc(C(=O)Cc2nccs2)c(O)cc1O. The lowest BCUT2D eigenvalue weighted by molar-refractivity contribution is 0.0990. The van der Waals surface area contributed by atoms with Crippen LogP contribution in [-0.4, -0.2) is 21.0 Å². The van der Waals surface area contributed by atoms with Gasteiger partial charge in [-0.1, -0.05) is 6.92 Å². The smallest absolute Gasteiger partial charge is 0.173 e. The van der Waals surface area contributed by atoms with Crippen molar-refractivity contribution in [1.82, 2.24) is 4.98 Å². The maximum absolute atomic E-state index is 12.0. The molecule has 0 atom stereocenters. The van der Waals surface area contributed by atoms with Crippen molar-refractivity contribution in [1.29, 1.82) is 0 Å². The van der Waals surface area contributed by atoms with Gasteiger partial charge in [-0.25, -0.2) is 4.98 Å². The Morgan fingerprint density at radius 1 is 1.33 bits per heavy atom. The second kappa shape index (κ2) is 5.18. The van der Waals surface area contributed by atoms with Crippen molar-refractivity contribution in [2.75, 3.05) is 0 Å². The van der Waals surface area contributed by atoms with Gasteiger partial charge in [0.1, 0.15) is 16.5 Å². The third kappa shape index (κ3) is 2.51. The number of nitrogens with zero attached hydrogens (tertiary/aromatic N) is 1. The molecule has 2 rings (SSSR count). The summed E-state index contributed by atoms with van der Waals surface area (Å²) < 4.78 is 0. The predicted octanol–water partition coefficient (Wildman–Crippen LogP) is 2.54. The largest absolute Gasteiger partial charge is 0.508 e. The van der Waals surface area contributed by atoms with E-state index < -0.39 is 0 Å². The van der Waals surface area contributed by atoms with Gasteiger partial charge in [0.05, 0.1) is 12.0 Å². The second-order valence-electron chi connectivity index (χ2n) is 3.88. The van der Waals surface area contributed by atoms with E-state index in [4.69, 9.17) is 0 Å². The summed E-state index contributed by atoms with van der Waals surface area (Å²) >= 11 is 1.40. The Kier molecular flexibility index (Phi) is 3.62. The molecule has 0 unspecified atom stereocenters. The number of aromatic hydroxyl groups is 2. The van der Waals surface area contributed by atoms with Gasteiger partial charge in [0.2, 0.25) is 0 Å². The van der Waals surface area contributed by atoms with E-state index in [1.807, 2.05) is 6.92 Å². The van der Waals surface area contributed by atoms with E-state index in [0.29, 0.717) is 17.0 Å². The molecule has 1 heterocycles. The first kappa shape index (κ1) is 12.6. The number of hydrogen-bond acceptors (Lipinski definition) is 5. The number of carbonyl (C=O) groups is 1. The van der Waals surface area contributed by atoms with E-state index in [1.165, 1.54) is 17.4 Å². The third-order valence-electron chi connectivity index (χ3n) is 2.67. The minimum Gasteiger partial charge on any atom is -0.508 e. The number of phenols is 2. The molecule has 2 N–H and O–H groups in total. The minimum atomic E-state index is -0.197. The maximum Gasteiger partial charge on any atom is 0.173 e. The quantitative estimate of drug-likeness (QED) is 0.832. The Balaban J connectivity index is 2.30. The van der Waals surface area contributed by atoms with E-state index in [1.54, 1.807) is 17.6 Å². The molecule has 1 aromatic heterocycles. The van der Waals surface area contributed by atoms with E-state index >= 15 is 0 Å². The van der Waals surface area contributed by atoms with Gasteiger partial charge in [-0.2, -0.15) is 0 Å². The fourth-order valence-corrected chi connectivity index (χ4v) is 2.32. The lowest BCUT2D eigenvalue weighted by atomic mass is 10.0. The van der Waals surface area contributed by atoms with Gasteiger partial charge in [-0.3, -0.25) is 4.79 Å². The first-order valence-corrected chi connectivity index (χ1v) is 6.46. The fourth-order valence-electron chi connectivity index (χ4n) is 1.70. The molecule has 0 spiro atoms. The highest BCUT2D eigenvalue weighted by atomic mass is 32.1. The minimum absolute atomic E-state index is 0.0146. The van der Waals surface area contributed by atoms with E-state index in [0.717, 1.165) is 0 Å². The van der Waals surface area contributed by atoms with Crippen LogP contribution >= 0.6 is 11.3 Å². The molecule has 0 aliphatic rings. The molecule has 4 nitrogen and oxygen atoms in total. The number of thiazole rings is 1. The molecule has 0 radical (unpaired) electrons. The second-order valence-corrected chi connectivity index (χ2v) is 4.86. The Hall–Kier alpha value is -1.88. The van der Waals surface area contributed by atoms with Crippen molar-refractivity contribution in [3.05, 3.63) is 39.8 Å². The van der Waals surface area contributed by atoms with Crippen LogP contribution < -0.4 is 0 Å². The standard InChI is InChI=1S/C13H13NO3S/c1-2-8-5-9(11(16)6-10(8)15)12(17)7-13-14-3-4-18-13/h3-6,15-16H,2,7H2,1H3. The fraction of sp³-hybridized carbons (Fsp3) is 0.231. The highest BCUT2D eigenvalue weighted by molar-refractivity contribution is 7.09. The summed E-state index contributed by atoms with van der Waals surface area (Å²) in [4.78, 5) is 16.1. The number of Topliss-reactive ketones (excluding diaryl/α,β-unsaturated/α-hetero) is 1. The van der Waals surface area contributed by atoms with Gasteiger partial charge in [-0.05, 0) is 18.1 Å². The summed E-state index contributed by atoms with van der Waals surface area (Å²) in [6.07, 6.45) is 2.41. The Morgan fingerprint density at radius 3 is 2.72 bits per heavy atom. The Morgan fingerprint density at radius 2 is 2.11 bits per heavy atom. The monoisotopic (exact) mass is 263 g/mol. The molecule has 2 aromatic rings. The van der Waals surface area contributed by atoms with Crippen LogP contribution in [0.4, 0.5) is 0 Å². The lowest BCUT2D eigenvalue weighted by Gasteiger charge is -2.07. The van der Waals surface area contributed by atoms with E-state index in [-0.39, 0.29) is 29.3 Å². The molecule has 5 heteroatoms.